The van der Waals surface area contributed by atoms with Crippen molar-refractivity contribution in [2.24, 2.45) is 7.05 Å². The van der Waals surface area contributed by atoms with Crippen LogP contribution in [0, 0.1) is 27.7 Å². The SMILES string of the molecule is Cc1cc(C)c(-c2cc(C(=O)Cl)c(C)cc2C)[n+](C)c1. The molecule has 0 unspecified atom stereocenters. The van der Waals surface area contributed by atoms with Gasteiger partial charge < -0.3 is 0 Å². The minimum absolute atomic E-state index is 0.406. The van der Waals surface area contributed by atoms with E-state index in [9.17, 15) is 4.79 Å². The molecule has 0 aliphatic rings. The normalized spacial score (nSPS) is 10.7. The Bertz CT molecular complexity index is 681. The number of carbonyl (C=O) groups excluding carboxylic acids is 1. The Morgan fingerprint density at radius 2 is 1.65 bits per heavy atom. The Kier molecular flexibility index (Phi) is 3.96. The van der Waals surface area contributed by atoms with E-state index in [1.54, 1.807) is 0 Å². The minimum atomic E-state index is -0.406. The molecule has 0 aliphatic carbocycles. The van der Waals surface area contributed by atoms with Crippen LogP contribution in [0.1, 0.15) is 32.6 Å². The summed E-state index contributed by atoms with van der Waals surface area (Å²) in [4.78, 5) is 11.5. The molecule has 0 amide bonds. The molecule has 0 saturated carbocycles. The summed E-state index contributed by atoms with van der Waals surface area (Å²) < 4.78 is 2.10. The van der Waals surface area contributed by atoms with Gasteiger partial charge in [-0.1, -0.05) is 6.07 Å². The largest absolute Gasteiger partial charge is 0.276 e. The predicted octanol–water partition coefficient (Wildman–Crippen LogP) is 3.79. The fraction of sp³-hybridized carbons (Fsp3) is 0.294. The molecule has 0 aliphatic heterocycles. The third kappa shape index (κ3) is 2.61. The van der Waals surface area contributed by atoms with Gasteiger partial charge in [-0.2, -0.15) is 0 Å². The van der Waals surface area contributed by atoms with Gasteiger partial charge in [0.15, 0.2) is 6.20 Å². The molecule has 3 heteroatoms. The predicted molar refractivity (Wildman–Crippen MR) is 82.2 cm³/mol. The first kappa shape index (κ1) is 14.7. The lowest BCUT2D eigenvalue weighted by atomic mass is 9.95. The Morgan fingerprint density at radius 3 is 2.20 bits per heavy atom. The zero-order chi connectivity index (χ0) is 15.0. The molecular formula is C17H19ClNO+. The van der Waals surface area contributed by atoms with Crippen molar-refractivity contribution in [2.45, 2.75) is 27.7 Å². The number of rotatable bonds is 2. The van der Waals surface area contributed by atoms with Crippen molar-refractivity contribution in [3.8, 4) is 11.3 Å². The lowest BCUT2D eigenvalue weighted by Crippen LogP contribution is -2.32. The van der Waals surface area contributed by atoms with Crippen molar-refractivity contribution in [3.63, 3.8) is 0 Å². The summed E-state index contributed by atoms with van der Waals surface area (Å²) in [5.74, 6) is 0. The summed E-state index contributed by atoms with van der Waals surface area (Å²) in [7, 11) is 2.02. The Balaban J connectivity index is 2.76. The van der Waals surface area contributed by atoms with Gasteiger partial charge in [-0.3, -0.25) is 4.79 Å². The van der Waals surface area contributed by atoms with Crippen LogP contribution in [0.15, 0.2) is 24.4 Å². The van der Waals surface area contributed by atoms with E-state index in [4.69, 9.17) is 11.6 Å². The number of aromatic nitrogens is 1. The summed E-state index contributed by atoms with van der Waals surface area (Å²) in [5.41, 5.74) is 7.21. The molecule has 0 atom stereocenters. The monoisotopic (exact) mass is 288 g/mol. The highest BCUT2D eigenvalue weighted by molar-refractivity contribution is 6.68. The maximum atomic E-state index is 11.5. The number of nitrogens with zero attached hydrogens (tertiary/aromatic N) is 1. The van der Waals surface area contributed by atoms with Gasteiger partial charge in [-0.05, 0) is 62.6 Å². The Hall–Kier alpha value is -1.67. The van der Waals surface area contributed by atoms with Crippen LogP contribution in [0.25, 0.3) is 11.3 Å². The summed E-state index contributed by atoms with van der Waals surface area (Å²) in [5, 5.41) is -0.406. The number of hydrogen-bond donors (Lipinski definition) is 0. The second-order valence-corrected chi connectivity index (χ2v) is 5.76. The van der Waals surface area contributed by atoms with Crippen molar-refractivity contribution in [2.75, 3.05) is 0 Å². The summed E-state index contributed by atoms with van der Waals surface area (Å²) in [6, 6.07) is 6.07. The molecular weight excluding hydrogens is 270 g/mol. The van der Waals surface area contributed by atoms with E-state index in [-0.39, 0.29) is 0 Å². The molecule has 2 rings (SSSR count). The third-order valence-corrected chi connectivity index (χ3v) is 3.81. The first-order valence-electron chi connectivity index (χ1n) is 6.59. The summed E-state index contributed by atoms with van der Waals surface area (Å²) in [6.45, 7) is 8.13. The zero-order valence-corrected chi connectivity index (χ0v) is 13.3. The maximum absolute atomic E-state index is 11.5. The lowest BCUT2D eigenvalue weighted by molar-refractivity contribution is -0.661. The van der Waals surface area contributed by atoms with Gasteiger partial charge in [0, 0.05) is 16.7 Å². The molecule has 1 aromatic heterocycles. The number of aryl methyl sites for hydroxylation is 5. The highest BCUT2D eigenvalue weighted by Gasteiger charge is 2.19. The fourth-order valence-electron chi connectivity index (χ4n) is 2.82. The quantitative estimate of drug-likeness (QED) is 0.608. The smallest absolute Gasteiger partial charge is 0.252 e. The van der Waals surface area contributed by atoms with Gasteiger partial charge >= 0.3 is 0 Å². The average molecular weight is 289 g/mol. The van der Waals surface area contributed by atoms with Gasteiger partial charge in [0.2, 0.25) is 5.69 Å². The van der Waals surface area contributed by atoms with Crippen molar-refractivity contribution in [1.29, 1.82) is 0 Å². The van der Waals surface area contributed by atoms with Crippen LogP contribution in [0.5, 0.6) is 0 Å². The third-order valence-electron chi connectivity index (χ3n) is 3.61. The van der Waals surface area contributed by atoms with Crippen LogP contribution in [-0.2, 0) is 7.05 Å². The Labute approximate surface area is 125 Å². The van der Waals surface area contributed by atoms with Crippen molar-refractivity contribution >= 4 is 16.8 Å². The lowest BCUT2D eigenvalue weighted by Gasteiger charge is -2.11. The van der Waals surface area contributed by atoms with E-state index in [0.717, 1.165) is 22.4 Å². The molecule has 0 saturated heterocycles. The topological polar surface area (TPSA) is 20.9 Å². The van der Waals surface area contributed by atoms with Crippen LogP contribution in [0.3, 0.4) is 0 Å². The highest BCUT2D eigenvalue weighted by atomic mass is 35.5. The minimum Gasteiger partial charge on any atom is -0.276 e. The molecule has 2 aromatic rings. The molecule has 20 heavy (non-hydrogen) atoms. The molecule has 1 aromatic carbocycles. The van der Waals surface area contributed by atoms with E-state index in [1.807, 2.05) is 26.1 Å². The second kappa shape index (κ2) is 5.37. The average Bonchev–Trinajstić information content (AvgIpc) is 2.29. The maximum Gasteiger partial charge on any atom is 0.252 e. The number of benzene rings is 1. The zero-order valence-electron chi connectivity index (χ0n) is 12.5. The number of pyridine rings is 1. The summed E-state index contributed by atoms with van der Waals surface area (Å²) >= 11 is 5.68. The molecule has 104 valence electrons. The van der Waals surface area contributed by atoms with Crippen molar-refractivity contribution < 1.29 is 9.36 Å². The summed E-state index contributed by atoms with van der Waals surface area (Å²) in [6.07, 6.45) is 2.09. The number of hydrogen-bond acceptors (Lipinski definition) is 1. The molecule has 0 N–H and O–H groups in total. The molecule has 0 fully saturated rings. The van der Waals surface area contributed by atoms with Crippen LogP contribution < -0.4 is 4.57 Å². The van der Waals surface area contributed by atoms with Crippen LogP contribution in [0.2, 0.25) is 0 Å². The number of halogens is 1. The van der Waals surface area contributed by atoms with E-state index in [2.05, 4.69) is 37.6 Å². The van der Waals surface area contributed by atoms with Crippen LogP contribution >= 0.6 is 11.6 Å². The van der Waals surface area contributed by atoms with E-state index in [1.165, 1.54) is 11.1 Å². The molecule has 0 radical (unpaired) electrons. The first-order chi connectivity index (χ1) is 9.31. The van der Waals surface area contributed by atoms with E-state index in [0.29, 0.717) is 5.56 Å². The highest BCUT2D eigenvalue weighted by Crippen LogP contribution is 2.27. The molecule has 0 spiro atoms. The standard InChI is InChI=1S/C17H19ClNO/c1-10-6-13(4)16(19(5)9-10)14-8-15(17(18)20)12(3)7-11(14)2/h6-9H,1-5H3/q+1. The Morgan fingerprint density at radius 1 is 1.00 bits per heavy atom. The van der Waals surface area contributed by atoms with Crippen LogP contribution in [-0.4, -0.2) is 5.24 Å². The second-order valence-electron chi connectivity index (χ2n) is 5.42. The van der Waals surface area contributed by atoms with Gasteiger partial charge in [-0.15, -0.1) is 0 Å². The molecule has 2 nitrogen and oxygen atoms in total. The van der Waals surface area contributed by atoms with Gasteiger partial charge in [-0.25, -0.2) is 4.57 Å². The van der Waals surface area contributed by atoms with Crippen molar-refractivity contribution in [1.82, 2.24) is 0 Å². The van der Waals surface area contributed by atoms with Crippen molar-refractivity contribution in [3.05, 3.63) is 52.2 Å². The van der Waals surface area contributed by atoms with Gasteiger partial charge in [0.1, 0.15) is 7.05 Å². The van der Waals surface area contributed by atoms with E-state index < -0.39 is 5.24 Å². The van der Waals surface area contributed by atoms with Gasteiger partial charge in [0.05, 0.1) is 5.56 Å². The van der Waals surface area contributed by atoms with Gasteiger partial charge in [0.25, 0.3) is 5.24 Å². The number of carbonyl (C=O) groups is 1. The molecule has 1 heterocycles. The van der Waals surface area contributed by atoms with E-state index >= 15 is 0 Å². The fourth-order valence-corrected chi connectivity index (χ4v) is 3.02. The van der Waals surface area contributed by atoms with Crippen LogP contribution in [0.4, 0.5) is 0 Å². The first-order valence-corrected chi connectivity index (χ1v) is 6.97. The molecule has 0 bridgehead atoms.